The molecule has 0 bridgehead atoms. The third kappa shape index (κ3) is 2.53. The fraction of sp³-hybridized carbons (Fsp3) is 0.333. The van der Waals surface area contributed by atoms with Crippen LogP contribution in [-0.2, 0) is 0 Å². The van der Waals surface area contributed by atoms with Gasteiger partial charge in [0.25, 0.3) is 5.89 Å². The molecule has 96 valence electrons. The second kappa shape index (κ2) is 5.22. The van der Waals surface area contributed by atoms with E-state index in [0.29, 0.717) is 11.4 Å². The Kier molecular flexibility index (Phi) is 3.66. The zero-order chi connectivity index (χ0) is 13.1. The lowest BCUT2D eigenvalue weighted by atomic mass is 10.2. The van der Waals surface area contributed by atoms with E-state index in [1.54, 1.807) is 0 Å². The van der Waals surface area contributed by atoms with Crippen molar-refractivity contribution in [3.63, 3.8) is 0 Å². The zero-order valence-electron chi connectivity index (χ0n) is 9.86. The van der Waals surface area contributed by atoms with Crippen molar-refractivity contribution in [2.45, 2.75) is 25.8 Å². The molecule has 0 aliphatic carbocycles. The van der Waals surface area contributed by atoms with E-state index >= 15 is 0 Å². The first-order valence-electron chi connectivity index (χ1n) is 5.66. The van der Waals surface area contributed by atoms with Gasteiger partial charge < -0.3 is 10.3 Å². The SMILES string of the molecule is CCCC(N)c1noc(-c2ccc(F)c(F)c2)n1. The average molecular weight is 253 g/mol. The van der Waals surface area contributed by atoms with E-state index in [1.165, 1.54) is 6.07 Å². The summed E-state index contributed by atoms with van der Waals surface area (Å²) in [5, 5.41) is 3.74. The predicted octanol–water partition coefficient (Wildman–Crippen LogP) is 2.81. The van der Waals surface area contributed by atoms with Crippen LogP contribution in [0.3, 0.4) is 0 Å². The standard InChI is InChI=1S/C12H13F2N3O/c1-2-3-10(15)11-16-12(18-17-11)7-4-5-8(13)9(14)6-7/h4-6,10H,2-3,15H2,1H3. The van der Waals surface area contributed by atoms with E-state index < -0.39 is 11.6 Å². The van der Waals surface area contributed by atoms with Crippen LogP contribution in [0.5, 0.6) is 0 Å². The highest BCUT2D eigenvalue weighted by Gasteiger charge is 2.15. The highest BCUT2D eigenvalue weighted by Crippen LogP contribution is 2.21. The van der Waals surface area contributed by atoms with Crippen molar-refractivity contribution in [3.05, 3.63) is 35.7 Å². The number of benzene rings is 1. The molecule has 0 saturated carbocycles. The largest absolute Gasteiger partial charge is 0.334 e. The molecule has 4 nitrogen and oxygen atoms in total. The van der Waals surface area contributed by atoms with Crippen LogP contribution in [0.4, 0.5) is 8.78 Å². The topological polar surface area (TPSA) is 64.9 Å². The highest BCUT2D eigenvalue weighted by molar-refractivity contribution is 5.52. The summed E-state index contributed by atoms with van der Waals surface area (Å²) in [6.45, 7) is 2.00. The van der Waals surface area contributed by atoms with Crippen molar-refractivity contribution in [1.29, 1.82) is 0 Å². The summed E-state index contributed by atoms with van der Waals surface area (Å²) >= 11 is 0. The first-order valence-corrected chi connectivity index (χ1v) is 5.66. The molecule has 1 heterocycles. The molecule has 0 radical (unpaired) electrons. The Labute approximate surface area is 103 Å². The van der Waals surface area contributed by atoms with Crippen molar-refractivity contribution < 1.29 is 13.3 Å². The molecule has 0 fully saturated rings. The van der Waals surface area contributed by atoms with Gasteiger partial charge in [-0.3, -0.25) is 0 Å². The van der Waals surface area contributed by atoms with Crippen molar-refractivity contribution in [2.75, 3.05) is 0 Å². The summed E-state index contributed by atoms with van der Waals surface area (Å²) in [6, 6.07) is 3.09. The van der Waals surface area contributed by atoms with E-state index in [-0.39, 0.29) is 11.9 Å². The molecule has 0 aliphatic heterocycles. The first-order chi connectivity index (χ1) is 8.61. The van der Waals surface area contributed by atoms with Gasteiger partial charge in [-0.05, 0) is 24.6 Å². The molecule has 0 saturated heterocycles. The molecule has 2 rings (SSSR count). The lowest BCUT2D eigenvalue weighted by Gasteiger charge is -2.02. The van der Waals surface area contributed by atoms with Gasteiger partial charge >= 0.3 is 0 Å². The molecule has 1 aromatic carbocycles. The van der Waals surface area contributed by atoms with E-state index in [2.05, 4.69) is 10.1 Å². The van der Waals surface area contributed by atoms with Crippen LogP contribution in [0.15, 0.2) is 22.7 Å². The van der Waals surface area contributed by atoms with Gasteiger partial charge in [0.2, 0.25) is 0 Å². The molecular weight excluding hydrogens is 240 g/mol. The van der Waals surface area contributed by atoms with Crippen molar-refractivity contribution in [2.24, 2.45) is 5.73 Å². The Balaban J connectivity index is 2.26. The van der Waals surface area contributed by atoms with E-state index in [0.717, 1.165) is 25.0 Å². The third-order valence-corrected chi connectivity index (χ3v) is 2.54. The summed E-state index contributed by atoms with van der Waals surface area (Å²) < 4.78 is 30.8. The van der Waals surface area contributed by atoms with Gasteiger partial charge in [-0.2, -0.15) is 4.98 Å². The highest BCUT2D eigenvalue weighted by atomic mass is 19.2. The summed E-state index contributed by atoms with van der Waals surface area (Å²) in [5.74, 6) is -1.36. The minimum atomic E-state index is -0.954. The Morgan fingerprint density at radius 2 is 2.11 bits per heavy atom. The van der Waals surface area contributed by atoms with Gasteiger partial charge in [0, 0.05) is 5.56 Å². The Morgan fingerprint density at radius 1 is 1.33 bits per heavy atom. The zero-order valence-corrected chi connectivity index (χ0v) is 9.86. The van der Waals surface area contributed by atoms with Crippen molar-refractivity contribution in [3.8, 4) is 11.5 Å². The van der Waals surface area contributed by atoms with Gasteiger partial charge in [0.1, 0.15) is 0 Å². The third-order valence-electron chi connectivity index (χ3n) is 2.54. The van der Waals surface area contributed by atoms with Crippen LogP contribution in [0.25, 0.3) is 11.5 Å². The predicted molar refractivity (Wildman–Crippen MR) is 61.5 cm³/mol. The number of halogens is 2. The van der Waals surface area contributed by atoms with E-state index in [4.69, 9.17) is 10.3 Å². The Hall–Kier alpha value is -1.82. The van der Waals surface area contributed by atoms with Crippen molar-refractivity contribution in [1.82, 2.24) is 10.1 Å². The van der Waals surface area contributed by atoms with E-state index in [1.807, 2.05) is 6.92 Å². The number of nitrogens with two attached hydrogens (primary N) is 1. The normalized spacial score (nSPS) is 12.7. The van der Waals surface area contributed by atoms with Crippen LogP contribution in [-0.4, -0.2) is 10.1 Å². The maximum atomic E-state index is 13.1. The summed E-state index contributed by atoms with van der Waals surface area (Å²) in [5.41, 5.74) is 6.16. The van der Waals surface area contributed by atoms with Crippen LogP contribution < -0.4 is 5.73 Å². The van der Waals surface area contributed by atoms with E-state index in [9.17, 15) is 8.78 Å². The minimum Gasteiger partial charge on any atom is -0.334 e. The lowest BCUT2D eigenvalue weighted by molar-refractivity contribution is 0.413. The van der Waals surface area contributed by atoms with Crippen LogP contribution in [0.1, 0.15) is 31.6 Å². The molecule has 1 atom stereocenters. The van der Waals surface area contributed by atoms with Gasteiger partial charge in [-0.15, -0.1) is 0 Å². The quantitative estimate of drug-likeness (QED) is 0.909. The molecule has 1 aromatic heterocycles. The number of aromatic nitrogens is 2. The maximum absolute atomic E-state index is 13.1. The number of hydrogen-bond donors (Lipinski definition) is 1. The van der Waals surface area contributed by atoms with Crippen LogP contribution >= 0.6 is 0 Å². The summed E-state index contributed by atoms with van der Waals surface area (Å²) in [4.78, 5) is 4.08. The molecule has 0 spiro atoms. The van der Waals surface area contributed by atoms with Gasteiger partial charge in [-0.1, -0.05) is 18.5 Å². The molecule has 2 aromatic rings. The smallest absolute Gasteiger partial charge is 0.258 e. The number of hydrogen-bond acceptors (Lipinski definition) is 4. The Morgan fingerprint density at radius 3 is 2.78 bits per heavy atom. The maximum Gasteiger partial charge on any atom is 0.258 e. The molecule has 1 unspecified atom stereocenters. The van der Waals surface area contributed by atoms with Crippen molar-refractivity contribution >= 4 is 0 Å². The molecule has 18 heavy (non-hydrogen) atoms. The first kappa shape index (κ1) is 12.6. The molecule has 0 aliphatic rings. The van der Waals surface area contributed by atoms with Crippen LogP contribution in [0.2, 0.25) is 0 Å². The number of nitrogens with zero attached hydrogens (tertiary/aromatic N) is 2. The van der Waals surface area contributed by atoms with Gasteiger partial charge in [-0.25, -0.2) is 8.78 Å². The minimum absolute atomic E-state index is 0.135. The van der Waals surface area contributed by atoms with Crippen LogP contribution in [0, 0.1) is 11.6 Å². The average Bonchev–Trinajstić information content (AvgIpc) is 2.82. The van der Waals surface area contributed by atoms with Gasteiger partial charge in [0.05, 0.1) is 6.04 Å². The summed E-state index contributed by atoms with van der Waals surface area (Å²) in [6.07, 6.45) is 1.63. The molecule has 2 N–H and O–H groups in total. The van der Waals surface area contributed by atoms with Gasteiger partial charge in [0.15, 0.2) is 17.5 Å². The fourth-order valence-corrected chi connectivity index (χ4v) is 1.57. The fourth-order valence-electron chi connectivity index (χ4n) is 1.57. The molecular formula is C12H13F2N3O. The Bertz CT molecular complexity index is 542. The lowest BCUT2D eigenvalue weighted by Crippen LogP contribution is -2.11. The molecule has 6 heteroatoms. The second-order valence-corrected chi connectivity index (χ2v) is 3.98. The molecule has 0 amide bonds. The second-order valence-electron chi connectivity index (χ2n) is 3.98. The summed E-state index contributed by atoms with van der Waals surface area (Å²) in [7, 11) is 0. The number of rotatable bonds is 4. The monoisotopic (exact) mass is 253 g/mol.